The maximum Gasteiger partial charge on any atom is 0.408 e. The van der Waals surface area contributed by atoms with E-state index in [0.717, 1.165) is 16.9 Å². The zero-order chi connectivity index (χ0) is 28.6. The number of alkyl carbamates (subject to hydrolysis) is 1. The molecule has 0 spiro atoms. The molecule has 1 aliphatic rings. The molecular weight excluding hydrogens is 500 g/mol. The Bertz CT molecular complexity index is 1180. The maximum absolute atomic E-state index is 13.1. The van der Waals surface area contributed by atoms with Gasteiger partial charge in [0.05, 0.1) is 6.04 Å². The molecule has 3 N–H and O–H groups in total. The first-order valence-electron chi connectivity index (χ1n) is 13.1. The summed E-state index contributed by atoms with van der Waals surface area (Å²) in [7, 11) is 0. The monoisotopic (exact) mass is 536 g/mol. The summed E-state index contributed by atoms with van der Waals surface area (Å²) in [5, 5.41) is 7.80. The van der Waals surface area contributed by atoms with Crippen molar-refractivity contribution in [1.82, 2.24) is 15.5 Å². The molecule has 5 amide bonds. The number of nitrogens with one attached hydrogen (secondary N) is 3. The highest BCUT2D eigenvalue weighted by atomic mass is 16.6. The number of Topliss-reactive ketones (excluding diaryl/α,β-unsaturated/α-hetero) is 1. The van der Waals surface area contributed by atoms with E-state index in [4.69, 9.17) is 4.74 Å². The lowest BCUT2D eigenvalue weighted by Gasteiger charge is -2.25. The van der Waals surface area contributed by atoms with Gasteiger partial charge in [0.1, 0.15) is 6.04 Å². The predicted molar refractivity (Wildman–Crippen MR) is 146 cm³/mol. The molecule has 39 heavy (non-hydrogen) atoms. The van der Waals surface area contributed by atoms with Crippen molar-refractivity contribution in [3.05, 3.63) is 66.2 Å². The molecule has 208 valence electrons. The van der Waals surface area contributed by atoms with Crippen LogP contribution in [0.5, 0.6) is 0 Å². The number of hydrogen-bond acceptors (Lipinski definition) is 6. The number of unbranched alkanes of at least 4 members (excludes halogenated alkanes) is 1. The number of ether oxygens (including phenoxy) is 1. The molecule has 3 atom stereocenters. The normalized spacial score (nSPS) is 17.6. The molecule has 1 fully saturated rings. The average molecular weight is 537 g/mol. The largest absolute Gasteiger partial charge is 0.435 e. The molecule has 0 unspecified atom stereocenters. The summed E-state index contributed by atoms with van der Waals surface area (Å²) < 4.78 is 5.46. The molecule has 1 aliphatic heterocycles. The highest BCUT2D eigenvalue weighted by molar-refractivity contribution is 6.38. The topological polar surface area (TPSA) is 134 Å². The van der Waals surface area contributed by atoms with E-state index in [-0.39, 0.29) is 13.0 Å². The number of likely N-dealkylation sites (tertiary alicyclic amines) is 1. The Morgan fingerprint density at radius 1 is 1.00 bits per heavy atom. The number of ketones is 1. The SMILES string of the molecule is CCCC[C@H](NC(=O)O[C@@H]1C(=O)N(C(=O)Nc2ccccc2)CC1(C)C)C(=O)C(=O)N[C@H](C)c1ccccc1. The smallest absolute Gasteiger partial charge is 0.408 e. The number of imide groups is 1. The molecule has 1 saturated heterocycles. The fourth-order valence-electron chi connectivity index (χ4n) is 4.35. The number of nitrogens with zero attached hydrogens (tertiary/aromatic N) is 1. The van der Waals surface area contributed by atoms with Crippen LogP contribution in [0.15, 0.2) is 60.7 Å². The Morgan fingerprint density at radius 2 is 1.62 bits per heavy atom. The summed E-state index contributed by atoms with van der Waals surface area (Å²) in [4.78, 5) is 65.4. The number of benzene rings is 2. The van der Waals surface area contributed by atoms with Crippen LogP contribution in [-0.4, -0.2) is 53.3 Å². The average Bonchev–Trinajstić information content (AvgIpc) is 3.15. The van der Waals surface area contributed by atoms with Crippen LogP contribution < -0.4 is 16.0 Å². The quantitative estimate of drug-likeness (QED) is 0.390. The number of para-hydroxylation sites is 1. The van der Waals surface area contributed by atoms with Gasteiger partial charge in [0.25, 0.3) is 11.8 Å². The van der Waals surface area contributed by atoms with Crippen LogP contribution in [0, 0.1) is 5.41 Å². The van der Waals surface area contributed by atoms with Crippen LogP contribution in [0.3, 0.4) is 0 Å². The fourth-order valence-corrected chi connectivity index (χ4v) is 4.35. The number of amides is 5. The number of rotatable bonds is 10. The van der Waals surface area contributed by atoms with Gasteiger partial charge in [-0.3, -0.25) is 19.3 Å². The molecule has 1 heterocycles. The summed E-state index contributed by atoms with van der Waals surface area (Å²) in [6, 6.07) is 15.7. The summed E-state index contributed by atoms with van der Waals surface area (Å²) in [5.74, 6) is -2.30. The van der Waals surface area contributed by atoms with Crippen molar-refractivity contribution in [2.24, 2.45) is 5.41 Å². The molecule has 0 aromatic heterocycles. The number of urea groups is 1. The molecule has 0 radical (unpaired) electrons. The Kier molecular flexibility index (Phi) is 9.81. The second kappa shape index (κ2) is 13.0. The van der Waals surface area contributed by atoms with Crippen molar-refractivity contribution < 1.29 is 28.7 Å². The van der Waals surface area contributed by atoms with E-state index >= 15 is 0 Å². The van der Waals surface area contributed by atoms with E-state index in [1.165, 1.54) is 0 Å². The lowest BCUT2D eigenvalue weighted by Crippen LogP contribution is -2.49. The van der Waals surface area contributed by atoms with Gasteiger partial charge in [-0.1, -0.05) is 82.1 Å². The third kappa shape index (κ3) is 7.66. The zero-order valence-corrected chi connectivity index (χ0v) is 22.7. The van der Waals surface area contributed by atoms with E-state index in [9.17, 15) is 24.0 Å². The summed E-state index contributed by atoms with van der Waals surface area (Å²) in [5.41, 5.74) is 0.472. The summed E-state index contributed by atoms with van der Waals surface area (Å²) >= 11 is 0. The first kappa shape index (κ1) is 29.3. The molecule has 0 saturated carbocycles. The molecule has 0 aliphatic carbocycles. The van der Waals surface area contributed by atoms with Crippen molar-refractivity contribution in [2.45, 2.75) is 65.1 Å². The number of anilines is 1. The molecule has 10 nitrogen and oxygen atoms in total. The van der Waals surface area contributed by atoms with Crippen LogP contribution in [0.25, 0.3) is 0 Å². The third-order valence-electron chi connectivity index (χ3n) is 6.59. The molecule has 0 bridgehead atoms. The third-order valence-corrected chi connectivity index (χ3v) is 6.59. The minimum Gasteiger partial charge on any atom is -0.435 e. The van der Waals surface area contributed by atoms with Gasteiger partial charge in [-0.05, 0) is 31.0 Å². The first-order valence-corrected chi connectivity index (χ1v) is 13.1. The molecule has 2 aromatic carbocycles. The van der Waals surface area contributed by atoms with Crippen molar-refractivity contribution in [3.8, 4) is 0 Å². The van der Waals surface area contributed by atoms with Gasteiger partial charge >= 0.3 is 12.1 Å². The summed E-state index contributed by atoms with van der Waals surface area (Å²) in [6.07, 6.45) is -0.717. The lowest BCUT2D eigenvalue weighted by atomic mass is 9.90. The van der Waals surface area contributed by atoms with Crippen molar-refractivity contribution in [1.29, 1.82) is 0 Å². The predicted octanol–water partition coefficient (Wildman–Crippen LogP) is 4.19. The van der Waals surface area contributed by atoms with Gasteiger partial charge in [-0.2, -0.15) is 0 Å². The van der Waals surface area contributed by atoms with Crippen LogP contribution in [0.2, 0.25) is 0 Å². The number of carbonyl (C=O) groups excluding carboxylic acids is 5. The van der Waals surface area contributed by atoms with Crippen molar-refractivity contribution in [3.63, 3.8) is 0 Å². The Balaban J connectivity index is 1.64. The first-order chi connectivity index (χ1) is 18.5. The van der Waals surface area contributed by atoms with Gasteiger partial charge in [0.15, 0.2) is 6.10 Å². The van der Waals surface area contributed by atoms with Gasteiger partial charge in [0.2, 0.25) is 5.78 Å². The summed E-state index contributed by atoms with van der Waals surface area (Å²) in [6.45, 7) is 7.12. The molecular formula is C29H36N4O6. The van der Waals surface area contributed by atoms with Gasteiger partial charge in [-0.25, -0.2) is 9.59 Å². The standard InChI is InChI=1S/C29H36N4O6/c1-5-6-17-22(23(34)25(35)30-19(2)20-13-9-7-10-14-20)32-28(38)39-24-26(36)33(18-29(24,3)4)27(37)31-21-15-11-8-12-16-21/h7-16,19,22,24H,5-6,17-18H2,1-4H3,(H,30,35)(H,31,37)(H,32,38)/t19-,22+,24-/m1/s1. The van der Waals surface area contributed by atoms with Crippen LogP contribution in [0.4, 0.5) is 15.3 Å². The molecule has 2 aromatic rings. The second-order valence-electron chi connectivity index (χ2n) is 10.3. The minimum absolute atomic E-state index is 0.0282. The number of hydrogen-bond donors (Lipinski definition) is 3. The van der Waals surface area contributed by atoms with Crippen molar-refractivity contribution >= 4 is 35.4 Å². The van der Waals surface area contributed by atoms with Crippen LogP contribution in [-0.2, 0) is 19.1 Å². The maximum atomic E-state index is 13.1. The van der Waals surface area contributed by atoms with Crippen LogP contribution in [0.1, 0.15) is 58.6 Å². The lowest BCUT2D eigenvalue weighted by molar-refractivity contribution is -0.139. The number of carbonyl (C=O) groups is 5. The Labute approximate surface area is 228 Å². The zero-order valence-electron chi connectivity index (χ0n) is 22.7. The highest BCUT2D eigenvalue weighted by Gasteiger charge is 2.51. The van der Waals surface area contributed by atoms with E-state index < -0.39 is 53.3 Å². The fraction of sp³-hybridized carbons (Fsp3) is 0.414. The van der Waals surface area contributed by atoms with E-state index in [0.29, 0.717) is 12.1 Å². The Hall–Kier alpha value is -4.21. The van der Waals surface area contributed by atoms with Gasteiger partial charge in [0, 0.05) is 17.6 Å². The van der Waals surface area contributed by atoms with Crippen LogP contribution >= 0.6 is 0 Å². The Morgan fingerprint density at radius 3 is 2.23 bits per heavy atom. The van der Waals surface area contributed by atoms with E-state index in [1.807, 2.05) is 37.3 Å². The van der Waals surface area contributed by atoms with E-state index in [2.05, 4.69) is 16.0 Å². The second-order valence-corrected chi connectivity index (χ2v) is 10.3. The molecule has 3 rings (SSSR count). The molecule has 10 heteroatoms. The van der Waals surface area contributed by atoms with Gasteiger partial charge < -0.3 is 20.7 Å². The van der Waals surface area contributed by atoms with Gasteiger partial charge in [-0.15, -0.1) is 0 Å². The minimum atomic E-state index is -1.26. The van der Waals surface area contributed by atoms with Crippen molar-refractivity contribution in [2.75, 3.05) is 11.9 Å². The van der Waals surface area contributed by atoms with E-state index in [1.54, 1.807) is 51.1 Å². The highest BCUT2D eigenvalue weighted by Crippen LogP contribution is 2.33.